The Morgan fingerprint density at radius 1 is 0.885 bits per heavy atom. The lowest BCUT2D eigenvalue weighted by Gasteiger charge is -2.36. The Kier molecular flexibility index (Phi) is 10.4. The number of amides is 1. The van der Waals surface area contributed by atoms with Gasteiger partial charge in [-0.05, 0) is 76.2 Å². The summed E-state index contributed by atoms with van der Waals surface area (Å²) in [6, 6.07) is 21.6. The van der Waals surface area contributed by atoms with Crippen LogP contribution in [0.3, 0.4) is 0 Å². The lowest BCUT2D eigenvalue weighted by atomic mass is 9.77. The molecule has 0 aromatic heterocycles. The van der Waals surface area contributed by atoms with Gasteiger partial charge in [0.05, 0.1) is 17.3 Å². The van der Waals surface area contributed by atoms with Crippen LogP contribution >= 0.6 is 0 Å². The molecule has 7 N–H and O–H groups in total. The van der Waals surface area contributed by atoms with Crippen molar-refractivity contribution in [3.05, 3.63) is 118 Å². The maximum atomic E-state index is 12.7. The number of carbonyl (C=O) groups is 4. The van der Waals surface area contributed by atoms with Crippen LogP contribution in [0.15, 0.2) is 84.9 Å². The van der Waals surface area contributed by atoms with E-state index in [2.05, 4.69) is 5.32 Å². The van der Waals surface area contributed by atoms with E-state index in [4.69, 9.17) is 19.9 Å². The van der Waals surface area contributed by atoms with E-state index < -0.39 is 47.4 Å². The van der Waals surface area contributed by atoms with Gasteiger partial charge in [0.1, 0.15) is 34.6 Å². The Balaban J connectivity index is 0.000000204. The largest absolute Gasteiger partial charge is 0.508 e. The Bertz CT molecular complexity index is 1960. The van der Waals surface area contributed by atoms with Gasteiger partial charge >= 0.3 is 24.0 Å². The van der Waals surface area contributed by atoms with Crippen molar-refractivity contribution in [2.45, 2.75) is 50.6 Å². The van der Waals surface area contributed by atoms with Crippen molar-refractivity contribution in [1.82, 2.24) is 10.2 Å². The lowest BCUT2D eigenvalue weighted by Crippen LogP contribution is -2.54. The second-order valence-electron chi connectivity index (χ2n) is 13.3. The molecule has 0 fully saturated rings. The number of hydrogen-bond donors (Lipinski definition) is 6. The van der Waals surface area contributed by atoms with Gasteiger partial charge < -0.3 is 45.7 Å². The summed E-state index contributed by atoms with van der Waals surface area (Å²) in [6.07, 6.45) is -0.907. The van der Waals surface area contributed by atoms with E-state index >= 15 is 0 Å². The fourth-order valence-electron chi connectivity index (χ4n) is 5.96. The third kappa shape index (κ3) is 7.77. The Morgan fingerprint density at radius 2 is 1.46 bits per heavy atom. The molecule has 0 saturated carbocycles. The summed E-state index contributed by atoms with van der Waals surface area (Å²) < 4.78 is 16.8. The molecule has 2 unspecified atom stereocenters. The number of aromatic hydroxyl groups is 2. The molecule has 0 aliphatic carbocycles. The number of ether oxygens (including phenoxy) is 3. The molecule has 272 valence electrons. The number of nitrogens with one attached hydrogen (secondary N) is 1. The summed E-state index contributed by atoms with van der Waals surface area (Å²) in [5.74, 6) is -2.33. The van der Waals surface area contributed by atoms with Gasteiger partial charge in [-0.15, -0.1) is 0 Å². The van der Waals surface area contributed by atoms with Gasteiger partial charge in [0.15, 0.2) is 5.60 Å². The standard InChI is InChI=1S/C21H12O7.C17H27N3O4/c22-11-2-5-15-17(8-11)27-18-9-12(23)3-6-16(18)21(15)14-4-1-10(19(24)25)7-13(14)20(26)28-21;1-17(2,3)24-16(23)19-11-14(18)20(4)13(15(21)22)10-12-8-6-5-7-9-12/h1-9,22-23H,(H,24,25);5-9,13-14H,10-11,18H2,1-4H3,(H,19,23)(H,21,22). The van der Waals surface area contributed by atoms with Gasteiger partial charge in [-0.25, -0.2) is 14.4 Å². The Hall–Kier alpha value is -6.12. The zero-order chi connectivity index (χ0) is 38.0. The molecule has 52 heavy (non-hydrogen) atoms. The van der Waals surface area contributed by atoms with Gasteiger partial charge in [-0.3, -0.25) is 9.69 Å². The lowest BCUT2D eigenvalue weighted by molar-refractivity contribution is -0.143. The molecule has 4 aromatic rings. The maximum absolute atomic E-state index is 12.7. The third-order valence-corrected chi connectivity index (χ3v) is 8.45. The average Bonchev–Trinajstić information content (AvgIpc) is 3.36. The summed E-state index contributed by atoms with van der Waals surface area (Å²) in [6.45, 7) is 5.38. The van der Waals surface area contributed by atoms with E-state index in [1.165, 1.54) is 41.3 Å². The van der Waals surface area contributed by atoms with Gasteiger partial charge in [0.2, 0.25) is 0 Å². The molecule has 0 radical (unpaired) electrons. The predicted octanol–water partition coefficient (Wildman–Crippen LogP) is 4.79. The highest BCUT2D eigenvalue weighted by atomic mass is 16.6. The molecule has 14 nitrogen and oxygen atoms in total. The first-order chi connectivity index (χ1) is 24.5. The first-order valence-electron chi connectivity index (χ1n) is 16.2. The summed E-state index contributed by atoms with van der Waals surface area (Å²) >= 11 is 0. The predicted molar refractivity (Wildman–Crippen MR) is 187 cm³/mol. The SMILES string of the molecule is CN(C(N)CNC(=O)OC(C)(C)C)C(Cc1ccccc1)C(=O)O.O=C(O)c1ccc2c(c1)C(=O)OC21c2ccc(O)cc2Oc2cc(O)ccc21. The van der Waals surface area contributed by atoms with Crippen LogP contribution in [0.1, 0.15) is 63.7 Å². The van der Waals surface area contributed by atoms with Crippen LogP contribution in [0.25, 0.3) is 0 Å². The molecular formula is C38H39N3O11. The van der Waals surface area contributed by atoms with Gasteiger partial charge in [0, 0.05) is 35.4 Å². The zero-order valence-corrected chi connectivity index (χ0v) is 28.8. The van der Waals surface area contributed by atoms with Crippen molar-refractivity contribution in [2.24, 2.45) is 5.73 Å². The molecule has 4 aromatic carbocycles. The quantitative estimate of drug-likeness (QED) is 0.107. The highest BCUT2D eigenvalue weighted by Crippen LogP contribution is 2.57. The van der Waals surface area contributed by atoms with Crippen LogP contribution in [0.5, 0.6) is 23.0 Å². The number of carboxylic acid groups (broad SMARTS) is 2. The van der Waals surface area contributed by atoms with Crippen molar-refractivity contribution in [2.75, 3.05) is 13.6 Å². The minimum Gasteiger partial charge on any atom is -0.508 e. The maximum Gasteiger partial charge on any atom is 0.407 e. The number of nitrogens with zero attached hydrogens (tertiary/aromatic N) is 1. The van der Waals surface area contributed by atoms with E-state index in [0.717, 1.165) is 5.56 Å². The fourth-order valence-corrected chi connectivity index (χ4v) is 5.96. The highest BCUT2D eigenvalue weighted by molar-refractivity contribution is 6.00. The van der Waals surface area contributed by atoms with E-state index in [-0.39, 0.29) is 40.7 Å². The summed E-state index contributed by atoms with van der Waals surface area (Å²) in [4.78, 5) is 48.8. The number of phenols is 2. The molecule has 2 aliphatic rings. The number of fused-ring (bicyclic) bond motifs is 6. The number of alkyl carbamates (subject to hydrolysis) is 1. The molecule has 0 saturated heterocycles. The molecule has 6 rings (SSSR count). The van der Waals surface area contributed by atoms with Crippen molar-refractivity contribution >= 4 is 24.0 Å². The number of aliphatic carboxylic acids is 1. The molecule has 1 spiro atoms. The topological polar surface area (TPSA) is 218 Å². The van der Waals surface area contributed by atoms with Crippen LogP contribution in [0.2, 0.25) is 0 Å². The van der Waals surface area contributed by atoms with E-state index in [1.807, 2.05) is 30.3 Å². The van der Waals surface area contributed by atoms with Crippen LogP contribution in [0, 0.1) is 0 Å². The molecule has 1 amide bonds. The molecular weight excluding hydrogens is 674 g/mol. The third-order valence-electron chi connectivity index (χ3n) is 8.45. The van der Waals surface area contributed by atoms with Crippen LogP contribution < -0.4 is 15.8 Å². The monoisotopic (exact) mass is 713 g/mol. The van der Waals surface area contributed by atoms with Gasteiger partial charge in [-0.1, -0.05) is 36.4 Å². The highest BCUT2D eigenvalue weighted by Gasteiger charge is 2.53. The van der Waals surface area contributed by atoms with Crippen molar-refractivity contribution in [3.8, 4) is 23.0 Å². The van der Waals surface area contributed by atoms with E-state index in [1.54, 1.807) is 46.0 Å². The molecule has 0 bridgehead atoms. The van der Waals surface area contributed by atoms with E-state index in [9.17, 15) is 39.6 Å². The summed E-state index contributed by atoms with van der Waals surface area (Å²) in [7, 11) is 1.63. The van der Waals surface area contributed by atoms with Crippen molar-refractivity contribution in [1.29, 1.82) is 0 Å². The number of aromatic carboxylic acids is 1. The summed E-state index contributed by atoms with van der Waals surface area (Å²) in [5, 5.41) is 41.0. The number of carbonyl (C=O) groups excluding carboxylic acids is 2. The van der Waals surface area contributed by atoms with E-state index in [0.29, 0.717) is 23.1 Å². The number of esters is 1. The van der Waals surface area contributed by atoms with Crippen molar-refractivity contribution < 1.29 is 53.8 Å². The van der Waals surface area contributed by atoms with Crippen LogP contribution in [-0.2, 0) is 26.3 Å². The van der Waals surface area contributed by atoms with Crippen LogP contribution in [0.4, 0.5) is 4.79 Å². The smallest absolute Gasteiger partial charge is 0.407 e. The number of nitrogens with two attached hydrogens (primary N) is 1. The number of rotatable bonds is 8. The number of hydrogen-bond acceptors (Lipinski definition) is 11. The minimum absolute atomic E-state index is 0.0309. The number of phenolic OH excluding ortho intramolecular Hbond substituents is 2. The second-order valence-corrected chi connectivity index (χ2v) is 13.3. The Morgan fingerprint density at radius 3 is 2.00 bits per heavy atom. The number of carboxylic acids is 2. The average molecular weight is 714 g/mol. The first-order valence-corrected chi connectivity index (χ1v) is 16.2. The Labute approximate surface area is 299 Å². The van der Waals surface area contributed by atoms with Crippen molar-refractivity contribution in [3.63, 3.8) is 0 Å². The zero-order valence-electron chi connectivity index (χ0n) is 28.8. The number of likely N-dealkylation sites (N-methyl/N-ethyl adjacent to an activating group) is 1. The van der Waals surface area contributed by atoms with Crippen LogP contribution in [-0.4, -0.2) is 80.7 Å². The normalized spacial score (nSPS) is 14.7. The molecule has 2 heterocycles. The second kappa shape index (κ2) is 14.6. The molecule has 2 aliphatic heterocycles. The number of benzene rings is 4. The summed E-state index contributed by atoms with van der Waals surface area (Å²) in [5.41, 5.74) is 6.48. The molecule has 2 atom stereocenters. The van der Waals surface area contributed by atoms with Gasteiger partial charge in [-0.2, -0.15) is 0 Å². The fraction of sp³-hybridized carbons (Fsp3) is 0.263. The van der Waals surface area contributed by atoms with Gasteiger partial charge in [0.25, 0.3) is 0 Å². The molecule has 14 heteroatoms. The first kappa shape index (κ1) is 37.1. The minimum atomic E-state index is -1.38.